The molecule has 0 rings (SSSR count). The Morgan fingerprint density at radius 1 is 1.21 bits per heavy atom. The Hall–Kier alpha value is -0.130. The molecular formula is C12H23NS. The molecule has 0 spiro atoms. The quantitative estimate of drug-likeness (QED) is 0.379. The van der Waals surface area contributed by atoms with Gasteiger partial charge in [-0.2, -0.15) is 0 Å². The Kier molecular flexibility index (Phi) is 9.34. The third kappa shape index (κ3) is 7.29. The van der Waals surface area contributed by atoms with Crippen molar-refractivity contribution in [3.8, 4) is 11.8 Å². The molecule has 0 aliphatic heterocycles. The highest BCUT2D eigenvalue weighted by Crippen LogP contribution is 2.07. The van der Waals surface area contributed by atoms with E-state index >= 15 is 0 Å². The van der Waals surface area contributed by atoms with Gasteiger partial charge in [0.2, 0.25) is 0 Å². The van der Waals surface area contributed by atoms with E-state index in [2.05, 4.69) is 44.0 Å². The van der Waals surface area contributed by atoms with Gasteiger partial charge >= 0.3 is 0 Å². The van der Waals surface area contributed by atoms with Gasteiger partial charge in [-0.3, -0.25) is 4.90 Å². The Balaban J connectivity index is 3.58. The number of rotatable bonds is 6. The SMILES string of the molecule is CCCCCCC#CC(SC)N(C)C. The minimum Gasteiger partial charge on any atom is -0.288 e. The lowest BCUT2D eigenvalue weighted by Crippen LogP contribution is -2.22. The van der Waals surface area contributed by atoms with Gasteiger partial charge in [0, 0.05) is 6.42 Å². The number of hydrogen-bond donors (Lipinski definition) is 0. The second-order valence-electron chi connectivity index (χ2n) is 3.68. The van der Waals surface area contributed by atoms with Gasteiger partial charge in [-0.1, -0.05) is 32.1 Å². The molecule has 0 amide bonds. The van der Waals surface area contributed by atoms with Gasteiger partial charge in [-0.05, 0) is 26.8 Å². The van der Waals surface area contributed by atoms with E-state index < -0.39 is 0 Å². The fourth-order valence-corrected chi connectivity index (χ4v) is 1.82. The lowest BCUT2D eigenvalue weighted by atomic mass is 10.2. The molecule has 0 fully saturated rings. The van der Waals surface area contributed by atoms with Gasteiger partial charge in [0.05, 0.1) is 0 Å². The minimum atomic E-state index is 0.362. The zero-order valence-corrected chi connectivity index (χ0v) is 10.8. The third-order valence-corrected chi connectivity index (χ3v) is 3.06. The lowest BCUT2D eigenvalue weighted by Gasteiger charge is -2.15. The van der Waals surface area contributed by atoms with Crippen LogP contribution >= 0.6 is 11.8 Å². The van der Waals surface area contributed by atoms with Gasteiger partial charge in [-0.15, -0.1) is 17.7 Å². The van der Waals surface area contributed by atoms with Crippen LogP contribution in [0.15, 0.2) is 0 Å². The molecule has 0 bridgehead atoms. The summed E-state index contributed by atoms with van der Waals surface area (Å²) in [6.45, 7) is 2.24. The first-order valence-corrected chi connectivity index (χ1v) is 6.68. The van der Waals surface area contributed by atoms with E-state index in [1.54, 1.807) is 11.8 Å². The number of thioether (sulfide) groups is 1. The van der Waals surface area contributed by atoms with E-state index in [0.717, 1.165) is 6.42 Å². The predicted octanol–water partition coefficient (Wildman–Crippen LogP) is 3.21. The molecule has 0 aromatic heterocycles. The van der Waals surface area contributed by atoms with E-state index in [4.69, 9.17) is 0 Å². The maximum absolute atomic E-state index is 3.28. The Morgan fingerprint density at radius 3 is 2.43 bits per heavy atom. The molecule has 2 heteroatoms. The van der Waals surface area contributed by atoms with Crippen molar-refractivity contribution in [1.82, 2.24) is 4.90 Å². The number of unbranched alkanes of at least 4 members (excludes halogenated alkanes) is 4. The van der Waals surface area contributed by atoms with E-state index in [1.165, 1.54) is 25.7 Å². The molecule has 0 aliphatic carbocycles. The number of hydrogen-bond acceptors (Lipinski definition) is 2. The lowest BCUT2D eigenvalue weighted by molar-refractivity contribution is 0.436. The van der Waals surface area contributed by atoms with Crippen molar-refractivity contribution in [1.29, 1.82) is 0 Å². The summed E-state index contributed by atoms with van der Waals surface area (Å²) in [6.07, 6.45) is 8.41. The minimum absolute atomic E-state index is 0.362. The van der Waals surface area contributed by atoms with Crippen LogP contribution in [0, 0.1) is 11.8 Å². The summed E-state index contributed by atoms with van der Waals surface area (Å²) in [5.41, 5.74) is 0. The van der Waals surface area contributed by atoms with Gasteiger partial charge < -0.3 is 0 Å². The third-order valence-electron chi connectivity index (χ3n) is 2.07. The van der Waals surface area contributed by atoms with Crippen LogP contribution in [0.2, 0.25) is 0 Å². The van der Waals surface area contributed by atoms with Gasteiger partial charge in [-0.25, -0.2) is 0 Å². The van der Waals surface area contributed by atoms with Gasteiger partial charge in [0.15, 0.2) is 0 Å². The highest BCUT2D eigenvalue weighted by Gasteiger charge is 2.02. The molecule has 0 aliphatic rings. The van der Waals surface area contributed by atoms with E-state index in [1.807, 2.05) is 0 Å². The summed E-state index contributed by atoms with van der Waals surface area (Å²) in [6, 6.07) is 0. The largest absolute Gasteiger partial charge is 0.288 e. The molecule has 14 heavy (non-hydrogen) atoms. The molecule has 0 N–H and O–H groups in total. The second-order valence-corrected chi connectivity index (χ2v) is 4.60. The molecule has 0 radical (unpaired) electrons. The van der Waals surface area contributed by atoms with Crippen molar-refractivity contribution >= 4 is 11.8 Å². The average Bonchev–Trinajstić information content (AvgIpc) is 2.16. The van der Waals surface area contributed by atoms with Crippen molar-refractivity contribution in [3.05, 3.63) is 0 Å². The summed E-state index contributed by atoms with van der Waals surface area (Å²) in [4.78, 5) is 2.16. The van der Waals surface area contributed by atoms with Gasteiger partial charge in [0.25, 0.3) is 0 Å². The first-order chi connectivity index (χ1) is 6.72. The molecular weight excluding hydrogens is 190 g/mol. The van der Waals surface area contributed by atoms with E-state index in [0.29, 0.717) is 5.37 Å². The summed E-state index contributed by atoms with van der Waals surface area (Å²) >= 11 is 1.80. The molecule has 1 nitrogen and oxygen atoms in total. The first-order valence-electron chi connectivity index (χ1n) is 5.40. The highest BCUT2D eigenvalue weighted by molar-refractivity contribution is 7.99. The Labute approximate surface area is 93.6 Å². The summed E-state index contributed by atoms with van der Waals surface area (Å²) < 4.78 is 0. The molecule has 0 aromatic carbocycles. The molecule has 0 saturated heterocycles. The predicted molar refractivity (Wildman–Crippen MR) is 67.5 cm³/mol. The summed E-state index contributed by atoms with van der Waals surface area (Å²) in [5, 5.41) is 0.362. The van der Waals surface area contributed by atoms with Crippen LogP contribution in [0.5, 0.6) is 0 Å². The molecule has 1 atom stereocenters. The van der Waals surface area contributed by atoms with E-state index in [-0.39, 0.29) is 0 Å². The van der Waals surface area contributed by atoms with Crippen molar-refractivity contribution in [3.63, 3.8) is 0 Å². The Morgan fingerprint density at radius 2 is 1.93 bits per heavy atom. The van der Waals surface area contributed by atoms with Crippen LogP contribution in [-0.4, -0.2) is 30.6 Å². The summed E-state index contributed by atoms with van der Waals surface area (Å²) in [7, 11) is 4.15. The van der Waals surface area contributed by atoms with Crippen molar-refractivity contribution in [2.75, 3.05) is 20.4 Å². The second kappa shape index (κ2) is 9.43. The van der Waals surface area contributed by atoms with Crippen LogP contribution in [0.25, 0.3) is 0 Å². The molecule has 0 saturated carbocycles. The van der Waals surface area contributed by atoms with Crippen LogP contribution in [-0.2, 0) is 0 Å². The monoisotopic (exact) mass is 213 g/mol. The zero-order chi connectivity index (χ0) is 10.8. The van der Waals surface area contributed by atoms with Crippen LogP contribution in [0.4, 0.5) is 0 Å². The fraction of sp³-hybridized carbons (Fsp3) is 0.833. The van der Waals surface area contributed by atoms with Crippen molar-refractivity contribution in [2.24, 2.45) is 0 Å². The normalized spacial score (nSPS) is 12.4. The first kappa shape index (κ1) is 13.9. The fourth-order valence-electron chi connectivity index (χ4n) is 1.20. The van der Waals surface area contributed by atoms with Crippen molar-refractivity contribution < 1.29 is 0 Å². The maximum Gasteiger partial charge on any atom is 0.117 e. The van der Waals surface area contributed by atoms with Gasteiger partial charge in [0.1, 0.15) is 5.37 Å². The zero-order valence-electron chi connectivity index (χ0n) is 9.97. The average molecular weight is 213 g/mol. The molecule has 82 valence electrons. The Bertz CT molecular complexity index is 178. The summed E-state index contributed by atoms with van der Waals surface area (Å²) in [5.74, 6) is 6.55. The van der Waals surface area contributed by atoms with Crippen LogP contribution in [0.1, 0.15) is 39.0 Å². The highest BCUT2D eigenvalue weighted by atomic mass is 32.2. The smallest absolute Gasteiger partial charge is 0.117 e. The van der Waals surface area contributed by atoms with E-state index in [9.17, 15) is 0 Å². The van der Waals surface area contributed by atoms with Crippen LogP contribution < -0.4 is 0 Å². The molecule has 1 unspecified atom stereocenters. The van der Waals surface area contributed by atoms with Crippen molar-refractivity contribution in [2.45, 2.75) is 44.4 Å². The molecule has 0 aromatic rings. The number of nitrogens with zero attached hydrogens (tertiary/aromatic N) is 1. The molecule has 0 heterocycles. The standard InChI is InChI=1S/C12H23NS/c1-5-6-7-8-9-10-11-12(14-4)13(2)3/h12H,5-9H2,1-4H3. The van der Waals surface area contributed by atoms with Crippen LogP contribution in [0.3, 0.4) is 0 Å². The topological polar surface area (TPSA) is 3.24 Å². The maximum atomic E-state index is 3.28.